The number of β-amino-alcohol motifs (C(OH)–C–C–N with tert-alkyl or cyclic N) is 1. The van der Waals surface area contributed by atoms with Crippen LogP contribution in [-0.2, 0) is 6.61 Å². The maximum Gasteiger partial charge on any atom is 0.254 e. The number of amides is 1. The highest BCUT2D eigenvalue weighted by Gasteiger charge is 2.31. The fourth-order valence-electron chi connectivity index (χ4n) is 3.35. The van der Waals surface area contributed by atoms with Gasteiger partial charge in [-0.25, -0.2) is 0 Å². The van der Waals surface area contributed by atoms with E-state index in [1.807, 2.05) is 13.8 Å². The summed E-state index contributed by atoms with van der Waals surface area (Å²) in [5, 5.41) is 14.2. The van der Waals surface area contributed by atoms with E-state index in [1.54, 1.807) is 30.0 Å². The molecular weight excluding hydrogens is 348 g/mol. The zero-order chi connectivity index (χ0) is 19.6. The number of benzene rings is 1. The Morgan fingerprint density at radius 2 is 2.15 bits per heavy atom. The van der Waals surface area contributed by atoms with Crippen LogP contribution in [0.2, 0.25) is 0 Å². The third kappa shape index (κ3) is 4.24. The van der Waals surface area contributed by atoms with Crippen LogP contribution in [-0.4, -0.2) is 46.9 Å². The summed E-state index contributed by atoms with van der Waals surface area (Å²) < 4.78 is 16.4. The first-order chi connectivity index (χ1) is 12.8. The number of aliphatic hydroxyl groups is 1. The monoisotopic (exact) mass is 374 g/mol. The summed E-state index contributed by atoms with van der Waals surface area (Å²) in [7, 11) is 1.54. The largest absolute Gasteiger partial charge is 0.493 e. The number of aryl methyl sites for hydroxylation is 2. The van der Waals surface area contributed by atoms with Crippen molar-refractivity contribution >= 4 is 5.91 Å². The van der Waals surface area contributed by atoms with Crippen molar-refractivity contribution in [1.29, 1.82) is 0 Å². The van der Waals surface area contributed by atoms with Crippen molar-refractivity contribution in [1.82, 2.24) is 10.1 Å². The first kappa shape index (κ1) is 19.2. The molecule has 1 aromatic heterocycles. The van der Waals surface area contributed by atoms with Gasteiger partial charge in [-0.05, 0) is 51.8 Å². The van der Waals surface area contributed by atoms with Gasteiger partial charge in [0.1, 0.15) is 12.4 Å². The van der Waals surface area contributed by atoms with Crippen LogP contribution in [0.25, 0.3) is 0 Å². The first-order valence-electron chi connectivity index (χ1n) is 9.05. The van der Waals surface area contributed by atoms with Gasteiger partial charge in [0.05, 0.1) is 24.0 Å². The second kappa shape index (κ2) is 7.60. The number of hydrogen-bond acceptors (Lipinski definition) is 6. The van der Waals surface area contributed by atoms with Crippen LogP contribution in [0.1, 0.15) is 47.1 Å². The van der Waals surface area contributed by atoms with E-state index in [4.69, 9.17) is 14.0 Å². The Labute approximate surface area is 158 Å². The molecule has 1 N–H and O–H groups in total. The Morgan fingerprint density at radius 1 is 1.37 bits per heavy atom. The van der Waals surface area contributed by atoms with Gasteiger partial charge in [0.25, 0.3) is 5.91 Å². The topological polar surface area (TPSA) is 85.0 Å². The Hall–Kier alpha value is -2.54. The molecule has 7 heteroatoms. The molecule has 146 valence electrons. The number of hydrogen-bond donors (Lipinski definition) is 1. The molecule has 1 aliphatic rings. The van der Waals surface area contributed by atoms with Crippen LogP contribution in [0, 0.1) is 13.8 Å². The van der Waals surface area contributed by atoms with Crippen molar-refractivity contribution in [3.8, 4) is 11.5 Å². The molecule has 1 aliphatic heterocycles. The van der Waals surface area contributed by atoms with E-state index in [0.29, 0.717) is 43.2 Å². The molecule has 0 spiro atoms. The lowest BCUT2D eigenvalue weighted by atomic mass is 9.94. The second-order valence-corrected chi connectivity index (χ2v) is 7.28. The fourth-order valence-corrected chi connectivity index (χ4v) is 3.35. The van der Waals surface area contributed by atoms with Crippen LogP contribution in [0.4, 0.5) is 0 Å². The zero-order valence-corrected chi connectivity index (χ0v) is 16.2. The predicted molar refractivity (Wildman–Crippen MR) is 99.1 cm³/mol. The van der Waals surface area contributed by atoms with Crippen LogP contribution in [0.15, 0.2) is 22.7 Å². The van der Waals surface area contributed by atoms with E-state index >= 15 is 0 Å². The lowest BCUT2D eigenvalue weighted by Crippen LogP contribution is -2.48. The van der Waals surface area contributed by atoms with E-state index in [1.165, 1.54) is 7.11 Å². The van der Waals surface area contributed by atoms with Crippen molar-refractivity contribution < 1.29 is 23.9 Å². The minimum atomic E-state index is -0.838. The number of nitrogens with zero attached hydrogens (tertiary/aromatic N) is 2. The Kier molecular flexibility index (Phi) is 5.41. The number of rotatable bonds is 5. The van der Waals surface area contributed by atoms with Gasteiger partial charge >= 0.3 is 0 Å². The SMILES string of the molecule is COc1cc(C(=O)N2CCC[C@@](C)(O)C2)ccc1OCc1c(C)noc1C. The standard InChI is InChI=1S/C20H26N2O5/c1-13-16(14(2)27-21-13)11-26-17-7-6-15(10-18(17)25-4)19(23)22-9-5-8-20(3,24)12-22/h6-7,10,24H,5,8-9,11-12H2,1-4H3/t20-/m1/s1. The highest BCUT2D eigenvalue weighted by atomic mass is 16.5. The Bertz CT molecular complexity index is 808. The van der Waals surface area contributed by atoms with Crippen LogP contribution < -0.4 is 9.47 Å². The molecule has 27 heavy (non-hydrogen) atoms. The molecule has 0 aliphatic carbocycles. The summed E-state index contributed by atoms with van der Waals surface area (Å²) in [6, 6.07) is 5.12. The second-order valence-electron chi connectivity index (χ2n) is 7.28. The van der Waals surface area contributed by atoms with Crippen LogP contribution >= 0.6 is 0 Å². The molecule has 1 amide bonds. The molecule has 1 saturated heterocycles. The van der Waals surface area contributed by atoms with Gasteiger partial charge in [-0.1, -0.05) is 5.16 Å². The van der Waals surface area contributed by atoms with E-state index in [0.717, 1.165) is 23.4 Å². The quantitative estimate of drug-likeness (QED) is 0.866. The summed E-state index contributed by atoms with van der Waals surface area (Å²) in [5.74, 6) is 1.62. The van der Waals surface area contributed by atoms with Gasteiger partial charge < -0.3 is 24.0 Å². The van der Waals surface area contributed by atoms with E-state index in [2.05, 4.69) is 5.16 Å². The molecule has 0 radical (unpaired) electrons. The summed E-state index contributed by atoms with van der Waals surface area (Å²) in [6.45, 7) is 6.74. The first-order valence-corrected chi connectivity index (χ1v) is 9.05. The maximum absolute atomic E-state index is 12.8. The molecular formula is C20H26N2O5. The third-order valence-corrected chi connectivity index (χ3v) is 4.93. The number of carbonyl (C=O) groups excluding carboxylic acids is 1. The lowest BCUT2D eigenvalue weighted by molar-refractivity contribution is -0.0107. The fraction of sp³-hybridized carbons (Fsp3) is 0.500. The molecule has 1 fully saturated rings. The molecule has 2 aromatic rings. The van der Waals surface area contributed by atoms with Crippen molar-refractivity contribution in [3.63, 3.8) is 0 Å². The highest BCUT2D eigenvalue weighted by Crippen LogP contribution is 2.31. The summed E-state index contributed by atoms with van der Waals surface area (Å²) in [6.07, 6.45) is 1.49. The molecule has 1 aromatic carbocycles. The van der Waals surface area contributed by atoms with Crippen molar-refractivity contribution in [2.24, 2.45) is 0 Å². The normalized spacial score (nSPS) is 19.8. The van der Waals surface area contributed by atoms with E-state index < -0.39 is 5.60 Å². The molecule has 0 bridgehead atoms. The average molecular weight is 374 g/mol. The third-order valence-electron chi connectivity index (χ3n) is 4.93. The molecule has 7 nitrogen and oxygen atoms in total. The van der Waals surface area contributed by atoms with Gasteiger partial charge in [-0.2, -0.15) is 0 Å². The van der Waals surface area contributed by atoms with Crippen LogP contribution in [0.5, 0.6) is 11.5 Å². The number of carbonyl (C=O) groups is 1. The van der Waals surface area contributed by atoms with E-state index in [-0.39, 0.29) is 5.91 Å². The Morgan fingerprint density at radius 3 is 2.78 bits per heavy atom. The highest BCUT2D eigenvalue weighted by molar-refractivity contribution is 5.95. The lowest BCUT2D eigenvalue weighted by Gasteiger charge is -2.36. The van der Waals surface area contributed by atoms with E-state index in [9.17, 15) is 9.90 Å². The van der Waals surface area contributed by atoms with Gasteiger partial charge in [0.2, 0.25) is 0 Å². The van der Waals surface area contributed by atoms with Crippen molar-refractivity contribution in [2.45, 2.75) is 45.8 Å². The number of ether oxygens (including phenoxy) is 2. The minimum Gasteiger partial charge on any atom is -0.493 e. The summed E-state index contributed by atoms with van der Waals surface area (Å²) in [4.78, 5) is 14.5. The molecule has 1 atom stereocenters. The van der Waals surface area contributed by atoms with Gasteiger partial charge in [-0.3, -0.25) is 4.79 Å². The zero-order valence-electron chi connectivity index (χ0n) is 16.2. The Balaban J connectivity index is 1.75. The van der Waals surface area contributed by atoms with Gasteiger partial charge in [0, 0.05) is 18.7 Å². The smallest absolute Gasteiger partial charge is 0.254 e. The number of likely N-dealkylation sites (tertiary alicyclic amines) is 1. The minimum absolute atomic E-state index is 0.120. The molecule has 0 saturated carbocycles. The van der Waals surface area contributed by atoms with Crippen LogP contribution in [0.3, 0.4) is 0 Å². The molecule has 2 heterocycles. The maximum atomic E-state index is 12.8. The van der Waals surface area contributed by atoms with Crippen molar-refractivity contribution in [2.75, 3.05) is 20.2 Å². The number of piperidine rings is 1. The van der Waals surface area contributed by atoms with Gasteiger partial charge in [-0.15, -0.1) is 0 Å². The van der Waals surface area contributed by atoms with Crippen molar-refractivity contribution in [3.05, 3.63) is 40.8 Å². The number of aromatic nitrogens is 1. The number of methoxy groups -OCH3 is 1. The molecule has 0 unspecified atom stereocenters. The summed E-state index contributed by atoms with van der Waals surface area (Å²) >= 11 is 0. The van der Waals surface area contributed by atoms with Gasteiger partial charge in [0.15, 0.2) is 11.5 Å². The summed E-state index contributed by atoms with van der Waals surface area (Å²) in [5.41, 5.74) is 1.35. The molecule has 3 rings (SSSR count). The predicted octanol–water partition coefficient (Wildman–Crippen LogP) is 2.87. The average Bonchev–Trinajstić information content (AvgIpc) is 2.96.